The first-order valence-electron chi connectivity index (χ1n) is 6.89. The van der Waals surface area contributed by atoms with Gasteiger partial charge < -0.3 is 9.47 Å². The first kappa shape index (κ1) is 18.9. The van der Waals surface area contributed by atoms with Gasteiger partial charge in [-0.3, -0.25) is 0 Å². The van der Waals surface area contributed by atoms with E-state index in [1.807, 2.05) is 0 Å². The minimum absolute atomic E-state index is 0.0369. The van der Waals surface area contributed by atoms with Gasteiger partial charge in [0.25, 0.3) is 0 Å². The fourth-order valence-electron chi connectivity index (χ4n) is 2.55. The van der Waals surface area contributed by atoms with Gasteiger partial charge in [-0.05, 0) is 30.6 Å². The number of rotatable bonds is 10. The highest BCUT2D eigenvalue weighted by Crippen LogP contribution is 2.41. The van der Waals surface area contributed by atoms with Gasteiger partial charge in [0.15, 0.2) is 9.84 Å². The van der Waals surface area contributed by atoms with Gasteiger partial charge in [0, 0.05) is 37.6 Å². The molecule has 1 fully saturated rings. The van der Waals surface area contributed by atoms with Gasteiger partial charge in [-0.2, -0.15) is 0 Å². The Bertz CT molecular complexity index is 369. The minimum Gasteiger partial charge on any atom is -0.385 e. The molecule has 0 saturated carbocycles. The second kappa shape index (κ2) is 9.08. The van der Waals surface area contributed by atoms with Crippen LogP contribution in [0.3, 0.4) is 0 Å². The average Bonchev–Trinajstić information content (AvgIpc) is 2.79. The summed E-state index contributed by atoms with van der Waals surface area (Å²) >= 11 is 7.15. The molecule has 0 amide bonds. The molecule has 0 aromatic rings. The molecule has 1 saturated heterocycles. The molecule has 0 bridgehead atoms. The van der Waals surface area contributed by atoms with E-state index in [9.17, 15) is 8.42 Å². The zero-order valence-corrected chi connectivity index (χ0v) is 15.9. The van der Waals surface area contributed by atoms with Crippen LogP contribution in [0.15, 0.2) is 0 Å². The lowest BCUT2D eigenvalue weighted by Gasteiger charge is -2.35. The molecule has 0 spiro atoms. The van der Waals surface area contributed by atoms with Gasteiger partial charge in [0.05, 0.1) is 11.5 Å². The Hall–Kier alpha value is 0.830. The van der Waals surface area contributed by atoms with Crippen LogP contribution in [0.25, 0.3) is 0 Å². The molecule has 120 valence electrons. The Morgan fingerprint density at radius 3 is 2.40 bits per heavy atom. The number of alkyl halides is 2. The predicted molar refractivity (Wildman–Crippen MR) is 88.7 cm³/mol. The van der Waals surface area contributed by atoms with E-state index in [1.165, 1.54) is 0 Å². The predicted octanol–water partition coefficient (Wildman–Crippen LogP) is 2.64. The van der Waals surface area contributed by atoms with Crippen LogP contribution in [-0.4, -0.2) is 57.5 Å². The number of hydrogen-bond acceptors (Lipinski definition) is 4. The number of halogens is 2. The lowest BCUT2D eigenvalue weighted by Crippen LogP contribution is -2.36. The third-order valence-electron chi connectivity index (χ3n) is 4.01. The molecular formula is C13H24Br2O4S. The van der Waals surface area contributed by atoms with Crippen LogP contribution < -0.4 is 0 Å². The van der Waals surface area contributed by atoms with Gasteiger partial charge in [0.1, 0.15) is 0 Å². The van der Waals surface area contributed by atoms with Crippen molar-refractivity contribution in [3.63, 3.8) is 0 Å². The first-order chi connectivity index (χ1) is 9.49. The maximum Gasteiger partial charge on any atom is 0.150 e. The molecule has 1 aliphatic rings. The van der Waals surface area contributed by atoms with E-state index in [4.69, 9.17) is 9.47 Å². The van der Waals surface area contributed by atoms with Crippen molar-refractivity contribution in [2.75, 3.05) is 49.1 Å². The fraction of sp³-hybridized carbons (Fsp3) is 1.00. The van der Waals surface area contributed by atoms with Crippen LogP contribution in [0.5, 0.6) is 0 Å². The van der Waals surface area contributed by atoms with E-state index < -0.39 is 9.84 Å². The molecule has 1 aliphatic heterocycles. The standard InChI is InChI=1S/C13H24Br2O4S/c1-18-5-2-6-19-7-4-13(10-14,11-15)12-3-8-20(16,17)9-12/h12H,2-11H2,1H3. The Morgan fingerprint density at radius 1 is 1.20 bits per heavy atom. The minimum atomic E-state index is -2.84. The molecular weight excluding hydrogens is 412 g/mol. The smallest absolute Gasteiger partial charge is 0.150 e. The van der Waals surface area contributed by atoms with Crippen molar-refractivity contribution in [1.82, 2.24) is 0 Å². The van der Waals surface area contributed by atoms with E-state index in [0.29, 0.717) is 31.3 Å². The fourth-order valence-corrected chi connectivity index (χ4v) is 6.90. The zero-order valence-electron chi connectivity index (χ0n) is 11.9. The molecule has 0 radical (unpaired) electrons. The number of sulfone groups is 1. The van der Waals surface area contributed by atoms with Gasteiger partial charge in [0.2, 0.25) is 0 Å². The van der Waals surface area contributed by atoms with E-state index in [1.54, 1.807) is 7.11 Å². The normalized spacial score (nSPS) is 22.2. The third-order valence-corrected chi connectivity index (χ3v) is 8.01. The van der Waals surface area contributed by atoms with Crippen LogP contribution in [-0.2, 0) is 19.3 Å². The zero-order chi connectivity index (χ0) is 15.1. The second-order valence-electron chi connectivity index (χ2n) is 5.44. The summed E-state index contributed by atoms with van der Waals surface area (Å²) in [5.74, 6) is 0.857. The summed E-state index contributed by atoms with van der Waals surface area (Å²) in [6.45, 7) is 2.07. The summed E-state index contributed by atoms with van der Waals surface area (Å²) in [6, 6.07) is 0. The quantitative estimate of drug-likeness (QED) is 0.391. The Kier molecular flexibility index (Phi) is 8.57. The van der Waals surface area contributed by atoms with Crippen molar-refractivity contribution < 1.29 is 17.9 Å². The van der Waals surface area contributed by atoms with Crippen LogP contribution in [0.2, 0.25) is 0 Å². The topological polar surface area (TPSA) is 52.6 Å². The van der Waals surface area contributed by atoms with Crippen molar-refractivity contribution in [1.29, 1.82) is 0 Å². The highest BCUT2D eigenvalue weighted by Gasteiger charge is 2.43. The largest absolute Gasteiger partial charge is 0.385 e. The average molecular weight is 436 g/mol. The van der Waals surface area contributed by atoms with Gasteiger partial charge in [-0.25, -0.2) is 8.42 Å². The van der Waals surface area contributed by atoms with Crippen LogP contribution in [0.4, 0.5) is 0 Å². The van der Waals surface area contributed by atoms with Crippen LogP contribution in [0.1, 0.15) is 19.3 Å². The monoisotopic (exact) mass is 434 g/mol. The molecule has 4 nitrogen and oxygen atoms in total. The van der Waals surface area contributed by atoms with E-state index >= 15 is 0 Å². The van der Waals surface area contributed by atoms with Crippen molar-refractivity contribution in [2.45, 2.75) is 19.3 Å². The van der Waals surface area contributed by atoms with E-state index in [2.05, 4.69) is 31.9 Å². The molecule has 0 N–H and O–H groups in total. The summed E-state index contributed by atoms with van der Waals surface area (Å²) in [5, 5.41) is 1.60. The highest BCUT2D eigenvalue weighted by atomic mass is 79.9. The second-order valence-corrected chi connectivity index (χ2v) is 8.79. The van der Waals surface area contributed by atoms with Crippen molar-refractivity contribution in [3.8, 4) is 0 Å². The molecule has 1 rings (SSSR count). The lowest BCUT2D eigenvalue weighted by atomic mass is 9.76. The summed E-state index contributed by atoms with van der Waals surface area (Å²) in [4.78, 5) is 0. The highest BCUT2D eigenvalue weighted by molar-refractivity contribution is 9.09. The number of ether oxygens (including phenoxy) is 2. The SMILES string of the molecule is COCCCOCCC(CBr)(CBr)C1CCS(=O)(=O)C1. The summed E-state index contributed by atoms with van der Waals surface area (Å²) < 4.78 is 34.0. The molecule has 0 aromatic heterocycles. The maximum atomic E-state index is 11.7. The Labute approximate surface area is 139 Å². The Balaban J connectivity index is 2.46. The first-order valence-corrected chi connectivity index (χ1v) is 10.9. The van der Waals surface area contributed by atoms with E-state index in [0.717, 1.165) is 29.9 Å². The Morgan fingerprint density at radius 2 is 1.90 bits per heavy atom. The lowest BCUT2D eigenvalue weighted by molar-refractivity contribution is 0.0742. The third kappa shape index (κ3) is 5.55. The van der Waals surface area contributed by atoms with Crippen molar-refractivity contribution in [2.24, 2.45) is 11.3 Å². The van der Waals surface area contributed by atoms with E-state index in [-0.39, 0.29) is 11.3 Å². The molecule has 1 heterocycles. The summed E-state index contributed by atoms with van der Waals surface area (Å²) in [6.07, 6.45) is 2.53. The number of hydrogen-bond donors (Lipinski definition) is 0. The summed E-state index contributed by atoms with van der Waals surface area (Å²) in [5.41, 5.74) is -0.0369. The van der Waals surface area contributed by atoms with Gasteiger partial charge in [-0.15, -0.1) is 0 Å². The van der Waals surface area contributed by atoms with Crippen molar-refractivity contribution in [3.05, 3.63) is 0 Å². The van der Waals surface area contributed by atoms with Gasteiger partial charge in [-0.1, -0.05) is 31.9 Å². The number of methoxy groups -OCH3 is 1. The van der Waals surface area contributed by atoms with Gasteiger partial charge >= 0.3 is 0 Å². The molecule has 20 heavy (non-hydrogen) atoms. The van der Waals surface area contributed by atoms with Crippen LogP contribution >= 0.6 is 31.9 Å². The molecule has 0 aliphatic carbocycles. The molecule has 1 unspecified atom stereocenters. The molecule has 0 aromatic carbocycles. The molecule has 7 heteroatoms. The molecule has 1 atom stereocenters. The maximum absolute atomic E-state index is 11.7. The van der Waals surface area contributed by atoms with Crippen LogP contribution in [0, 0.1) is 11.3 Å². The van der Waals surface area contributed by atoms with Crippen molar-refractivity contribution >= 4 is 41.7 Å². The summed E-state index contributed by atoms with van der Waals surface area (Å²) in [7, 11) is -1.16.